The molecule has 1 atom stereocenters. The first kappa shape index (κ1) is 13.2. The molecule has 1 aliphatic rings. The van der Waals surface area contributed by atoms with Gasteiger partial charge in [0.2, 0.25) is 11.7 Å². The first-order chi connectivity index (χ1) is 9.72. The molecule has 0 aliphatic heterocycles. The van der Waals surface area contributed by atoms with Crippen LogP contribution < -0.4 is 5.73 Å². The Morgan fingerprint density at radius 3 is 2.65 bits per heavy atom. The van der Waals surface area contributed by atoms with Gasteiger partial charge in [0, 0.05) is 18.0 Å². The summed E-state index contributed by atoms with van der Waals surface area (Å²) in [7, 11) is 0. The molecule has 2 N–H and O–H groups in total. The van der Waals surface area contributed by atoms with Gasteiger partial charge in [-0.05, 0) is 43.0 Å². The molecule has 1 aromatic heterocycles. The lowest BCUT2D eigenvalue weighted by molar-refractivity contribution is 0.341. The summed E-state index contributed by atoms with van der Waals surface area (Å²) in [4.78, 5) is 4.34. The highest BCUT2D eigenvalue weighted by Crippen LogP contribution is 2.28. The molecular weight excluding hydrogens is 257 g/mol. The van der Waals surface area contributed by atoms with Crippen molar-refractivity contribution in [2.75, 3.05) is 0 Å². The SMILES string of the molecule is NC(Cc1nc(-c2ccc(F)cc2)no1)C1CCCC1. The largest absolute Gasteiger partial charge is 0.339 e. The van der Waals surface area contributed by atoms with E-state index in [1.54, 1.807) is 12.1 Å². The summed E-state index contributed by atoms with van der Waals surface area (Å²) in [6.07, 6.45) is 5.53. The number of rotatable bonds is 4. The predicted molar refractivity (Wildman–Crippen MR) is 73.3 cm³/mol. The van der Waals surface area contributed by atoms with Gasteiger partial charge in [-0.3, -0.25) is 0 Å². The highest BCUT2D eigenvalue weighted by atomic mass is 19.1. The van der Waals surface area contributed by atoms with Crippen molar-refractivity contribution >= 4 is 0 Å². The summed E-state index contributed by atoms with van der Waals surface area (Å²) >= 11 is 0. The van der Waals surface area contributed by atoms with Crippen molar-refractivity contribution in [2.45, 2.75) is 38.1 Å². The Morgan fingerprint density at radius 1 is 1.25 bits per heavy atom. The maximum absolute atomic E-state index is 12.9. The standard InChI is InChI=1S/C15H18FN3O/c16-12-7-5-11(6-8-12)15-18-14(20-19-15)9-13(17)10-3-1-2-4-10/h5-8,10,13H,1-4,9,17H2. The molecule has 0 bridgehead atoms. The van der Waals surface area contributed by atoms with E-state index < -0.39 is 0 Å². The molecule has 1 heterocycles. The number of aromatic nitrogens is 2. The van der Waals surface area contributed by atoms with Crippen molar-refractivity contribution in [3.63, 3.8) is 0 Å². The van der Waals surface area contributed by atoms with Crippen molar-refractivity contribution in [1.29, 1.82) is 0 Å². The molecule has 106 valence electrons. The van der Waals surface area contributed by atoms with Crippen LogP contribution in [-0.4, -0.2) is 16.2 Å². The second-order valence-corrected chi connectivity index (χ2v) is 5.43. The van der Waals surface area contributed by atoms with Crippen LogP contribution in [0.15, 0.2) is 28.8 Å². The van der Waals surface area contributed by atoms with E-state index in [1.807, 2.05) is 0 Å². The van der Waals surface area contributed by atoms with E-state index in [4.69, 9.17) is 10.3 Å². The van der Waals surface area contributed by atoms with E-state index in [0.717, 1.165) is 5.56 Å². The third-order valence-electron chi connectivity index (χ3n) is 3.99. The fourth-order valence-corrected chi connectivity index (χ4v) is 2.81. The van der Waals surface area contributed by atoms with Crippen LogP contribution in [-0.2, 0) is 6.42 Å². The smallest absolute Gasteiger partial charge is 0.228 e. The molecule has 1 aromatic carbocycles. The molecule has 4 nitrogen and oxygen atoms in total. The summed E-state index contributed by atoms with van der Waals surface area (Å²) in [5, 5.41) is 3.93. The van der Waals surface area contributed by atoms with Crippen LogP contribution in [0.3, 0.4) is 0 Å². The minimum atomic E-state index is -0.277. The Hall–Kier alpha value is -1.75. The molecule has 3 rings (SSSR count). The third-order valence-corrected chi connectivity index (χ3v) is 3.99. The average molecular weight is 275 g/mol. The number of hydrogen-bond donors (Lipinski definition) is 1. The van der Waals surface area contributed by atoms with Gasteiger partial charge in [0.15, 0.2) is 0 Å². The zero-order valence-corrected chi connectivity index (χ0v) is 11.3. The van der Waals surface area contributed by atoms with Gasteiger partial charge in [-0.15, -0.1) is 0 Å². The molecule has 1 aliphatic carbocycles. The third kappa shape index (κ3) is 2.88. The lowest BCUT2D eigenvalue weighted by Gasteiger charge is -2.16. The van der Waals surface area contributed by atoms with Crippen molar-refractivity contribution in [3.05, 3.63) is 36.0 Å². The number of hydrogen-bond acceptors (Lipinski definition) is 4. The molecule has 0 spiro atoms. The molecular formula is C15H18FN3O. The molecule has 5 heteroatoms. The van der Waals surface area contributed by atoms with Gasteiger partial charge in [-0.25, -0.2) is 4.39 Å². The number of nitrogens with zero attached hydrogens (tertiary/aromatic N) is 2. The highest BCUT2D eigenvalue weighted by Gasteiger charge is 2.24. The zero-order chi connectivity index (χ0) is 13.9. The Balaban J connectivity index is 1.68. The van der Waals surface area contributed by atoms with Gasteiger partial charge < -0.3 is 10.3 Å². The van der Waals surface area contributed by atoms with Gasteiger partial charge in [-0.2, -0.15) is 4.98 Å². The van der Waals surface area contributed by atoms with Gasteiger partial charge >= 0.3 is 0 Å². The molecule has 1 saturated carbocycles. The van der Waals surface area contributed by atoms with Crippen LogP contribution in [0, 0.1) is 11.7 Å². The van der Waals surface area contributed by atoms with E-state index in [2.05, 4.69) is 10.1 Å². The molecule has 0 amide bonds. The first-order valence-corrected chi connectivity index (χ1v) is 7.06. The van der Waals surface area contributed by atoms with E-state index in [9.17, 15) is 4.39 Å². The first-order valence-electron chi connectivity index (χ1n) is 7.06. The van der Waals surface area contributed by atoms with Crippen LogP contribution in [0.25, 0.3) is 11.4 Å². The van der Waals surface area contributed by atoms with Crippen molar-refractivity contribution in [1.82, 2.24) is 10.1 Å². The maximum Gasteiger partial charge on any atom is 0.228 e. The molecule has 2 aromatic rings. The molecule has 1 unspecified atom stereocenters. The normalized spacial score (nSPS) is 17.5. The minimum absolute atomic E-state index is 0.0824. The topological polar surface area (TPSA) is 64.9 Å². The van der Waals surface area contributed by atoms with Gasteiger partial charge in [-0.1, -0.05) is 18.0 Å². The fourth-order valence-electron chi connectivity index (χ4n) is 2.81. The lowest BCUT2D eigenvalue weighted by atomic mass is 9.96. The average Bonchev–Trinajstić information content (AvgIpc) is 3.10. The monoisotopic (exact) mass is 275 g/mol. The zero-order valence-electron chi connectivity index (χ0n) is 11.3. The summed E-state index contributed by atoms with van der Waals surface area (Å²) in [6, 6.07) is 6.13. The summed E-state index contributed by atoms with van der Waals surface area (Å²) in [5.74, 6) is 1.33. The molecule has 20 heavy (non-hydrogen) atoms. The highest BCUT2D eigenvalue weighted by molar-refractivity contribution is 5.53. The summed E-state index contributed by atoms with van der Waals surface area (Å²) in [6.45, 7) is 0. The second-order valence-electron chi connectivity index (χ2n) is 5.43. The van der Waals surface area contributed by atoms with Crippen molar-refractivity contribution in [2.24, 2.45) is 11.7 Å². The number of halogens is 1. The Bertz CT molecular complexity index is 561. The Kier molecular flexibility index (Phi) is 3.78. The van der Waals surface area contributed by atoms with Gasteiger partial charge in [0.1, 0.15) is 5.82 Å². The number of benzene rings is 1. The Morgan fingerprint density at radius 2 is 1.95 bits per heavy atom. The fraction of sp³-hybridized carbons (Fsp3) is 0.467. The van der Waals surface area contributed by atoms with Crippen LogP contribution in [0.5, 0.6) is 0 Å². The van der Waals surface area contributed by atoms with Crippen LogP contribution in [0.4, 0.5) is 4.39 Å². The van der Waals surface area contributed by atoms with Crippen LogP contribution in [0.2, 0.25) is 0 Å². The quantitative estimate of drug-likeness (QED) is 0.931. The molecule has 0 radical (unpaired) electrons. The Labute approximate surface area is 117 Å². The van der Waals surface area contributed by atoms with Crippen LogP contribution in [0.1, 0.15) is 31.6 Å². The van der Waals surface area contributed by atoms with Crippen molar-refractivity contribution in [3.8, 4) is 11.4 Å². The van der Waals surface area contributed by atoms with E-state index in [-0.39, 0.29) is 11.9 Å². The molecule has 1 fully saturated rings. The maximum atomic E-state index is 12.9. The van der Waals surface area contributed by atoms with Crippen molar-refractivity contribution < 1.29 is 8.91 Å². The number of nitrogens with two attached hydrogens (primary N) is 1. The van der Waals surface area contributed by atoms with E-state index >= 15 is 0 Å². The van der Waals surface area contributed by atoms with Gasteiger partial charge in [0.25, 0.3) is 0 Å². The second kappa shape index (κ2) is 5.71. The summed E-state index contributed by atoms with van der Waals surface area (Å²) < 4.78 is 18.1. The predicted octanol–water partition coefficient (Wildman–Crippen LogP) is 2.94. The van der Waals surface area contributed by atoms with E-state index in [1.165, 1.54) is 37.8 Å². The van der Waals surface area contributed by atoms with Gasteiger partial charge in [0.05, 0.1) is 0 Å². The lowest BCUT2D eigenvalue weighted by Crippen LogP contribution is -2.30. The van der Waals surface area contributed by atoms with E-state index in [0.29, 0.717) is 24.1 Å². The minimum Gasteiger partial charge on any atom is -0.339 e. The molecule has 0 saturated heterocycles. The summed E-state index contributed by atoms with van der Waals surface area (Å²) in [5.41, 5.74) is 6.95. The van der Waals surface area contributed by atoms with Crippen LogP contribution >= 0.6 is 0 Å².